The van der Waals surface area contributed by atoms with Crippen LogP contribution in [0.2, 0.25) is 17.6 Å². The maximum atomic E-state index is 6.88. The molecule has 3 unspecified atom stereocenters. The molecule has 3 atom stereocenters. The van der Waals surface area contributed by atoms with Gasteiger partial charge in [-0.05, 0) is 105 Å². The van der Waals surface area contributed by atoms with E-state index >= 15 is 0 Å². The normalized spacial score (nSPS) is 28.5. The number of allylic oxidation sites excluding steroid dienone is 8. The van der Waals surface area contributed by atoms with E-state index in [1.807, 2.05) is 22.8 Å². The van der Waals surface area contributed by atoms with Crippen molar-refractivity contribution in [2.24, 2.45) is 33.5 Å². The van der Waals surface area contributed by atoms with Gasteiger partial charge in [0.2, 0.25) is 0 Å². The predicted molar refractivity (Wildman–Crippen MR) is 211 cm³/mol. The van der Waals surface area contributed by atoms with Gasteiger partial charge in [-0.2, -0.15) is 0 Å². The first-order chi connectivity index (χ1) is 22.3. The van der Waals surface area contributed by atoms with Gasteiger partial charge in [0.25, 0.3) is 0 Å². The highest BCUT2D eigenvalue weighted by molar-refractivity contribution is 6.94. The van der Waals surface area contributed by atoms with Crippen molar-refractivity contribution in [1.82, 2.24) is 0 Å². The van der Waals surface area contributed by atoms with Crippen LogP contribution in [0, 0.1) is 33.5 Å². The molecule has 0 spiro atoms. The van der Waals surface area contributed by atoms with Crippen LogP contribution in [0.1, 0.15) is 134 Å². The summed E-state index contributed by atoms with van der Waals surface area (Å²) in [6.07, 6.45) is 14.8. The van der Waals surface area contributed by atoms with Gasteiger partial charge in [-0.1, -0.05) is 156 Å². The molecular formula is C46H68OSi. The Kier molecular flexibility index (Phi) is 8.75. The van der Waals surface area contributed by atoms with E-state index < -0.39 is 8.07 Å². The number of hydrogen-bond acceptors (Lipinski definition) is 1. The maximum absolute atomic E-state index is 6.88. The Bertz CT molecular complexity index is 1600. The van der Waals surface area contributed by atoms with Gasteiger partial charge in [-0.3, -0.25) is 0 Å². The lowest BCUT2D eigenvalue weighted by molar-refractivity contribution is 0.185. The molecule has 0 aliphatic heterocycles. The van der Waals surface area contributed by atoms with E-state index in [1.54, 1.807) is 21.9 Å². The molecule has 0 saturated heterocycles. The van der Waals surface area contributed by atoms with E-state index in [4.69, 9.17) is 4.74 Å². The predicted octanol–water partition coefficient (Wildman–Crippen LogP) is 12.8. The minimum atomic E-state index is -2.22. The Hall–Kier alpha value is -2.06. The van der Waals surface area contributed by atoms with E-state index in [9.17, 15) is 0 Å². The van der Waals surface area contributed by atoms with Crippen LogP contribution >= 0.6 is 0 Å². The minimum absolute atomic E-state index is 0.00128. The second-order valence-corrected chi connectivity index (χ2v) is 25.1. The van der Waals surface area contributed by atoms with Crippen molar-refractivity contribution < 1.29 is 4.74 Å². The van der Waals surface area contributed by atoms with E-state index in [2.05, 4.69) is 127 Å². The quantitative estimate of drug-likeness (QED) is 0.208. The van der Waals surface area contributed by atoms with Crippen LogP contribution in [0.15, 0.2) is 76.4 Å². The van der Waals surface area contributed by atoms with Crippen LogP contribution < -0.4 is 9.92 Å². The summed E-state index contributed by atoms with van der Waals surface area (Å²) in [5.74, 6) is 2.39. The Labute approximate surface area is 296 Å². The first-order valence-electron chi connectivity index (χ1n) is 19.5. The topological polar surface area (TPSA) is 9.23 Å². The average molecular weight is 665 g/mol. The Morgan fingerprint density at radius 2 is 1.48 bits per heavy atom. The third-order valence-electron chi connectivity index (χ3n) is 13.8. The fourth-order valence-corrected chi connectivity index (χ4v) is 17.0. The fraction of sp³-hybridized carbons (Fsp3) is 0.652. The van der Waals surface area contributed by atoms with Crippen LogP contribution in [-0.2, 0) is 5.41 Å². The standard InChI is InChI=1S/C46H68OSi/c1-15-27-47-40-34(42(4,5)6)19-18-20-35(40)48(16-2,17-3)41-33-29-44(9,10)23-21-30(33)36-37(41)32-28-43(7,8)24-22-31(32)38-39(36)46(13,14)26-25-45(38,11)12/h15,18-20,25-26,32,37,41H,1,16-17,21-24,27-29H2,2-14H3. The van der Waals surface area contributed by atoms with E-state index in [0.29, 0.717) is 34.8 Å². The highest BCUT2D eigenvalue weighted by atomic mass is 28.3. The molecule has 0 amide bonds. The van der Waals surface area contributed by atoms with E-state index in [0.717, 1.165) is 0 Å². The van der Waals surface area contributed by atoms with E-state index in [1.165, 1.54) is 61.9 Å². The summed E-state index contributed by atoms with van der Waals surface area (Å²) in [4.78, 5) is 0. The molecule has 262 valence electrons. The Balaban J connectivity index is 1.72. The van der Waals surface area contributed by atoms with Gasteiger partial charge in [0.05, 0.1) is 8.07 Å². The second-order valence-electron chi connectivity index (χ2n) is 20.2. The smallest absolute Gasteiger partial charge is 0.122 e. The fourth-order valence-electron chi connectivity index (χ4n) is 11.4. The number of hydrogen-bond donors (Lipinski definition) is 0. The number of fused-ring (bicyclic) bond motifs is 5. The van der Waals surface area contributed by atoms with Gasteiger partial charge in [-0.25, -0.2) is 0 Å². The molecule has 1 saturated carbocycles. The molecule has 6 rings (SSSR count). The van der Waals surface area contributed by atoms with Gasteiger partial charge in [0.1, 0.15) is 12.4 Å². The molecule has 1 aromatic carbocycles. The third kappa shape index (κ3) is 5.54. The van der Waals surface area contributed by atoms with Gasteiger partial charge in [0, 0.05) is 10.8 Å². The lowest BCUT2D eigenvalue weighted by Gasteiger charge is -2.54. The second kappa shape index (κ2) is 11.7. The molecule has 0 N–H and O–H groups in total. The molecule has 1 aromatic rings. The molecule has 0 aromatic heterocycles. The lowest BCUT2D eigenvalue weighted by Crippen LogP contribution is -2.55. The van der Waals surface area contributed by atoms with Crippen molar-refractivity contribution in [3.8, 4) is 5.75 Å². The molecule has 48 heavy (non-hydrogen) atoms. The lowest BCUT2D eigenvalue weighted by atomic mass is 9.52. The van der Waals surface area contributed by atoms with Crippen LogP contribution in [-0.4, -0.2) is 14.7 Å². The van der Waals surface area contributed by atoms with Crippen LogP contribution in [0.5, 0.6) is 5.75 Å². The van der Waals surface area contributed by atoms with Gasteiger partial charge in [-0.15, -0.1) is 0 Å². The summed E-state index contributed by atoms with van der Waals surface area (Å²) < 4.78 is 6.88. The van der Waals surface area contributed by atoms with Crippen molar-refractivity contribution in [1.29, 1.82) is 0 Å². The van der Waals surface area contributed by atoms with Crippen molar-refractivity contribution >= 4 is 13.3 Å². The van der Waals surface area contributed by atoms with Gasteiger partial charge < -0.3 is 4.74 Å². The first-order valence-corrected chi connectivity index (χ1v) is 22.0. The monoisotopic (exact) mass is 665 g/mol. The maximum Gasteiger partial charge on any atom is 0.122 e. The van der Waals surface area contributed by atoms with Crippen molar-refractivity contribution in [3.05, 3.63) is 82.0 Å². The van der Waals surface area contributed by atoms with Gasteiger partial charge >= 0.3 is 0 Å². The molecule has 2 heteroatoms. The first kappa shape index (κ1) is 35.8. The SMILES string of the molecule is C=CCOc1c(C(C)(C)C)cccc1[Si](CC)(CC)C1C2=C(CCC(C)(C)C2)C2=C3C(=C4CCC(C)(C)CC4C21)C(C)(C)C=CC3(C)C. The van der Waals surface area contributed by atoms with Crippen molar-refractivity contribution in [2.45, 2.75) is 152 Å². The summed E-state index contributed by atoms with van der Waals surface area (Å²) in [5, 5.41) is 1.59. The summed E-state index contributed by atoms with van der Waals surface area (Å²) in [7, 11) is -2.22. The van der Waals surface area contributed by atoms with Crippen molar-refractivity contribution in [2.75, 3.05) is 6.61 Å². The minimum Gasteiger partial charge on any atom is -0.489 e. The highest BCUT2D eigenvalue weighted by Crippen LogP contribution is 2.70. The van der Waals surface area contributed by atoms with Crippen LogP contribution in [0.4, 0.5) is 0 Å². The molecule has 5 aliphatic rings. The zero-order valence-corrected chi connectivity index (χ0v) is 34.2. The Morgan fingerprint density at radius 3 is 2.08 bits per heavy atom. The molecule has 1 nitrogen and oxygen atoms in total. The largest absolute Gasteiger partial charge is 0.489 e. The molecule has 0 bridgehead atoms. The number of para-hydroxylation sites is 1. The Morgan fingerprint density at radius 1 is 0.854 bits per heavy atom. The zero-order valence-electron chi connectivity index (χ0n) is 33.2. The molecule has 0 radical (unpaired) electrons. The van der Waals surface area contributed by atoms with Crippen LogP contribution in [0.3, 0.4) is 0 Å². The summed E-state index contributed by atoms with van der Waals surface area (Å²) >= 11 is 0. The molecule has 0 heterocycles. The average Bonchev–Trinajstić information content (AvgIpc) is 3.32. The van der Waals surface area contributed by atoms with Crippen LogP contribution in [0.25, 0.3) is 0 Å². The zero-order chi connectivity index (χ0) is 35.2. The number of rotatable bonds is 7. The number of benzene rings is 1. The molecule has 1 fully saturated rings. The molecule has 5 aliphatic carbocycles. The summed E-state index contributed by atoms with van der Waals surface area (Å²) in [6, 6.07) is 9.75. The van der Waals surface area contributed by atoms with E-state index in [-0.39, 0.29) is 16.2 Å². The number of ether oxygens (including phenoxy) is 1. The van der Waals surface area contributed by atoms with Crippen molar-refractivity contribution in [3.63, 3.8) is 0 Å². The summed E-state index contributed by atoms with van der Waals surface area (Å²) in [5.41, 5.74) is 13.6. The highest BCUT2D eigenvalue weighted by Gasteiger charge is 2.60. The third-order valence-corrected chi connectivity index (χ3v) is 19.7. The molecular weight excluding hydrogens is 597 g/mol. The van der Waals surface area contributed by atoms with Gasteiger partial charge in [0.15, 0.2) is 0 Å². The summed E-state index contributed by atoms with van der Waals surface area (Å²) in [6.45, 7) is 37.2.